The summed E-state index contributed by atoms with van der Waals surface area (Å²) < 4.78 is 0.751. The fourth-order valence-corrected chi connectivity index (χ4v) is 3.93. The van der Waals surface area contributed by atoms with Crippen LogP contribution >= 0.6 is 33.3 Å². The van der Waals surface area contributed by atoms with E-state index in [2.05, 4.69) is 24.7 Å². The van der Waals surface area contributed by atoms with Gasteiger partial charge in [-0.25, -0.2) is 0 Å². The summed E-state index contributed by atoms with van der Waals surface area (Å²) in [5, 5.41) is 2.13. The van der Waals surface area contributed by atoms with Crippen LogP contribution in [0.5, 0.6) is 0 Å². The van der Waals surface area contributed by atoms with Crippen LogP contribution in [0.25, 0.3) is 0 Å². The van der Waals surface area contributed by atoms with Gasteiger partial charge in [0.1, 0.15) is 0 Å². The standard InChI is InChI=1S/C7H14S3/c1-4-6-9-10-7(5-2)8-3/h4,6-7H,5H2,1-3H3. The Morgan fingerprint density at radius 3 is 2.60 bits per heavy atom. The third-order valence-electron chi connectivity index (χ3n) is 0.951. The van der Waals surface area contributed by atoms with E-state index in [9.17, 15) is 0 Å². The summed E-state index contributed by atoms with van der Waals surface area (Å²) in [6.07, 6.45) is 5.48. The van der Waals surface area contributed by atoms with Crippen molar-refractivity contribution in [1.82, 2.24) is 0 Å². The van der Waals surface area contributed by atoms with Gasteiger partial charge in [-0.15, -0.1) is 0 Å². The molecule has 0 aromatic carbocycles. The molecule has 0 heterocycles. The van der Waals surface area contributed by atoms with Crippen molar-refractivity contribution in [1.29, 1.82) is 0 Å². The first-order valence-electron chi connectivity index (χ1n) is 3.31. The molecule has 0 aliphatic rings. The monoisotopic (exact) mass is 194 g/mol. The highest BCUT2D eigenvalue weighted by Crippen LogP contribution is 2.34. The number of hydrogen-bond acceptors (Lipinski definition) is 3. The van der Waals surface area contributed by atoms with Crippen LogP contribution in [0, 0.1) is 0 Å². The van der Waals surface area contributed by atoms with Crippen molar-refractivity contribution < 1.29 is 0 Å². The molecule has 0 aliphatic carbocycles. The molecule has 3 heteroatoms. The van der Waals surface area contributed by atoms with Crippen molar-refractivity contribution in [2.75, 3.05) is 6.26 Å². The average molecular weight is 194 g/mol. The molecule has 0 rings (SSSR count). The highest BCUT2D eigenvalue weighted by molar-refractivity contribution is 8.79. The minimum atomic E-state index is 0.751. The highest BCUT2D eigenvalue weighted by atomic mass is 33.1. The van der Waals surface area contributed by atoms with Crippen molar-refractivity contribution >= 4 is 33.3 Å². The van der Waals surface area contributed by atoms with Gasteiger partial charge >= 0.3 is 0 Å². The molecule has 0 aliphatic heterocycles. The van der Waals surface area contributed by atoms with Crippen LogP contribution < -0.4 is 0 Å². The van der Waals surface area contributed by atoms with Crippen LogP contribution in [-0.2, 0) is 0 Å². The Balaban J connectivity index is 3.25. The third-order valence-corrected chi connectivity index (χ3v) is 5.45. The molecule has 0 aromatic rings. The molecule has 0 saturated heterocycles. The second-order valence-corrected chi connectivity index (χ2v) is 5.46. The molecular formula is C7H14S3. The van der Waals surface area contributed by atoms with Gasteiger partial charge in [-0.3, -0.25) is 0 Å². The first-order chi connectivity index (χ1) is 4.85. The van der Waals surface area contributed by atoms with Crippen LogP contribution in [0.4, 0.5) is 0 Å². The van der Waals surface area contributed by atoms with Crippen molar-refractivity contribution in [3.63, 3.8) is 0 Å². The van der Waals surface area contributed by atoms with Crippen LogP contribution in [0.15, 0.2) is 11.5 Å². The molecule has 0 amide bonds. The number of rotatable bonds is 5. The number of allylic oxidation sites excluding steroid dienone is 1. The highest BCUT2D eigenvalue weighted by Gasteiger charge is 2.01. The van der Waals surface area contributed by atoms with Crippen LogP contribution in [0.1, 0.15) is 20.3 Å². The molecule has 10 heavy (non-hydrogen) atoms. The predicted octanol–water partition coefficient (Wildman–Crippen LogP) is 4.00. The van der Waals surface area contributed by atoms with Gasteiger partial charge in [0.15, 0.2) is 0 Å². The lowest BCUT2D eigenvalue weighted by atomic mass is 10.6. The van der Waals surface area contributed by atoms with Gasteiger partial charge in [0, 0.05) is 0 Å². The van der Waals surface area contributed by atoms with Crippen molar-refractivity contribution in [2.24, 2.45) is 0 Å². The zero-order chi connectivity index (χ0) is 7.82. The zero-order valence-corrected chi connectivity index (χ0v) is 9.11. The predicted molar refractivity (Wildman–Crippen MR) is 57.6 cm³/mol. The summed E-state index contributed by atoms with van der Waals surface area (Å²) in [5.74, 6) is 0. The largest absolute Gasteiger partial charge is 0.150 e. The van der Waals surface area contributed by atoms with E-state index in [1.54, 1.807) is 0 Å². The molecule has 0 fully saturated rings. The summed E-state index contributed by atoms with van der Waals surface area (Å²) in [5.41, 5.74) is 0. The van der Waals surface area contributed by atoms with E-state index in [1.807, 2.05) is 40.3 Å². The Kier molecular flexibility index (Phi) is 8.52. The normalized spacial score (nSPS) is 14.3. The Labute approximate surface area is 76.0 Å². The molecule has 0 N–H and O–H groups in total. The first-order valence-corrected chi connectivity index (χ1v) is 6.87. The Morgan fingerprint density at radius 1 is 1.50 bits per heavy atom. The molecule has 0 nitrogen and oxygen atoms in total. The van der Waals surface area contributed by atoms with Gasteiger partial charge in [-0.1, -0.05) is 34.6 Å². The first kappa shape index (κ1) is 10.8. The SMILES string of the molecule is CC=CSSC(CC)SC. The fourth-order valence-electron chi connectivity index (χ4n) is 0.424. The Bertz CT molecular complexity index is 86.9. The minimum absolute atomic E-state index is 0.751. The fraction of sp³-hybridized carbons (Fsp3) is 0.714. The number of hydrogen-bond donors (Lipinski definition) is 0. The summed E-state index contributed by atoms with van der Waals surface area (Å²) in [6.45, 7) is 4.28. The molecule has 1 unspecified atom stereocenters. The van der Waals surface area contributed by atoms with Crippen LogP contribution in [0.2, 0.25) is 0 Å². The van der Waals surface area contributed by atoms with Gasteiger partial charge in [0.2, 0.25) is 0 Å². The van der Waals surface area contributed by atoms with Crippen molar-refractivity contribution in [3.05, 3.63) is 11.5 Å². The maximum absolute atomic E-state index is 2.23. The maximum Gasteiger partial charge on any atom is 0.0603 e. The van der Waals surface area contributed by atoms with Crippen molar-refractivity contribution in [2.45, 2.75) is 24.9 Å². The van der Waals surface area contributed by atoms with E-state index in [0.717, 1.165) is 4.58 Å². The Hall–Kier alpha value is 0.790. The quantitative estimate of drug-likeness (QED) is 0.479. The molecular weight excluding hydrogens is 180 g/mol. The second kappa shape index (κ2) is 7.89. The van der Waals surface area contributed by atoms with Gasteiger partial charge in [-0.05, 0) is 25.0 Å². The van der Waals surface area contributed by atoms with Gasteiger partial charge in [-0.2, -0.15) is 11.8 Å². The van der Waals surface area contributed by atoms with Gasteiger partial charge < -0.3 is 0 Å². The van der Waals surface area contributed by atoms with E-state index in [1.165, 1.54) is 6.42 Å². The summed E-state index contributed by atoms with van der Waals surface area (Å²) in [6, 6.07) is 0. The maximum atomic E-state index is 2.23. The van der Waals surface area contributed by atoms with Gasteiger partial charge in [0.05, 0.1) is 4.58 Å². The van der Waals surface area contributed by atoms with E-state index >= 15 is 0 Å². The Morgan fingerprint density at radius 2 is 2.20 bits per heavy atom. The van der Waals surface area contributed by atoms with E-state index in [4.69, 9.17) is 0 Å². The lowest BCUT2D eigenvalue weighted by Crippen LogP contribution is -1.88. The minimum Gasteiger partial charge on any atom is -0.150 e. The van der Waals surface area contributed by atoms with Crippen LogP contribution in [-0.4, -0.2) is 10.8 Å². The third kappa shape index (κ3) is 5.57. The second-order valence-electron chi connectivity index (χ2n) is 1.74. The molecule has 60 valence electrons. The zero-order valence-electron chi connectivity index (χ0n) is 6.66. The molecule has 0 radical (unpaired) electrons. The lowest BCUT2D eigenvalue weighted by molar-refractivity contribution is 1.06. The lowest BCUT2D eigenvalue weighted by Gasteiger charge is -2.07. The molecule has 1 atom stereocenters. The summed E-state index contributed by atoms with van der Waals surface area (Å²) >= 11 is 1.93. The molecule has 0 bridgehead atoms. The summed E-state index contributed by atoms with van der Waals surface area (Å²) in [4.78, 5) is 0. The average Bonchev–Trinajstić information content (AvgIpc) is 1.99. The molecule has 0 aromatic heterocycles. The smallest absolute Gasteiger partial charge is 0.0603 e. The topological polar surface area (TPSA) is 0 Å². The van der Waals surface area contributed by atoms with Gasteiger partial charge in [0.25, 0.3) is 0 Å². The molecule has 0 saturated carbocycles. The summed E-state index contributed by atoms with van der Waals surface area (Å²) in [7, 11) is 3.76. The molecule has 0 spiro atoms. The van der Waals surface area contributed by atoms with Crippen molar-refractivity contribution in [3.8, 4) is 0 Å². The van der Waals surface area contributed by atoms with E-state index in [-0.39, 0.29) is 0 Å². The van der Waals surface area contributed by atoms with Crippen LogP contribution in [0.3, 0.4) is 0 Å². The van der Waals surface area contributed by atoms with E-state index < -0.39 is 0 Å². The van der Waals surface area contributed by atoms with E-state index in [0.29, 0.717) is 0 Å². The number of thioether (sulfide) groups is 1.